The first-order valence-electron chi connectivity index (χ1n) is 5.19. The lowest BCUT2D eigenvalue weighted by molar-refractivity contribution is -0.125. The van der Waals surface area contributed by atoms with Gasteiger partial charge in [-0.1, -0.05) is 0 Å². The summed E-state index contributed by atoms with van der Waals surface area (Å²) in [6.07, 6.45) is 5.12. The second kappa shape index (κ2) is 3.03. The van der Waals surface area contributed by atoms with Crippen LogP contribution in [0, 0.1) is 5.41 Å². The second-order valence-electron chi connectivity index (χ2n) is 4.35. The van der Waals surface area contributed by atoms with Crippen LogP contribution in [-0.2, 0) is 4.79 Å². The van der Waals surface area contributed by atoms with Gasteiger partial charge in [-0.25, -0.2) is 5.43 Å². The van der Waals surface area contributed by atoms with E-state index in [0.29, 0.717) is 0 Å². The fourth-order valence-electron chi connectivity index (χ4n) is 2.51. The molecule has 0 saturated carbocycles. The van der Waals surface area contributed by atoms with Crippen LogP contribution in [0.4, 0.5) is 0 Å². The van der Waals surface area contributed by atoms with Crippen molar-refractivity contribution in [3.05, 3.63) is 12.4 Å². The number of piperidine rings is 1. The molecule has 0 aromatic carbocycles. The van der Waals surface area contributed by atoms with Crippen molar-refractivity contribution in [3.63, 3.8) is 0 Å². The van der Waals surface area contributed by atoms with Crippen molar-refractivity contribution in [3.8, 4) is 0 Å². The monoisotopic (exact) mass is 207 g/mol. The van der Waals surface area contributed by atoms with Gasteiger partial charge in [0.2, 0.25) is 5.91 Å². The lowest BCUT2D eigenvalue weighted by atomic mass is 9.84. The molecular formula is C9H13N5O. The van der Waals surface area contributed by atoms with E-state index in [-0.39, 0.29) is 11.3 Å². The Labute approximate surface area is 87.2 Å². The van der Waals surface area contributed by atoms with Crippen molar-refractivity contribution in [2.24, 2.45) is 5.41 Å². The number of nitrogens with one attached hydrogen (secondary N) is 1. The Morgan fingerprint density at radius 1 is 1.40 bits per heavy atom. The predicted molar refractivity (Wildman–Crippen MR) is 52.5 cm³/mol. The molecule has 0 unspecified atom stereocenters. The number of carbonyl (C=O) groups is 1. The van der Waals surface area contributed by atoms with E-state index < -0.39 is 0 Å². The Kier molecular flexibility index (Phi) is 1.79. The Morgan fingerprint density at radius 3 is 2.73 bits per heavy atom. The third-order valence-corrected chi connectivity index (χ3v) is 3.46. The summed E-state index contributed by atoms with van der Waals surface area (Å²) in [4.78, 5) is 15.8. The van der Waals surface area contributed by atoms with Gasteiger partial charge in [-0.2, -0.15) is 4.79 Å². The van der Waals surface area contributed by atoms with Crippen LogP contribution in [-0.4, -0.2) is 45.5 Å². The second-order valence-corrected chi connectivity index (χ2v) is 4.35. The molecule has 0 spiro atoms. The maximum absolute atomic E-state index is 12.1. The quantitative estimate of drug-likeness (QED) is 0.706. The van der Waals surface area contributed by atoms with Crippen molar-refractivity contribution in [2.45, 2.75) is 12.8 Å². The molecule has 0 radical (unpaired) electrons. The Balaban J connectivity index is 1.75. The van der Waals surface area contributed by atoms with E-state index in [1.165, 1.54) is 4.79 Å². The summed E-state index contributed by atoms with van der Waals surface area (Å²) in [7, 11) is 0. The van der Waals surface area contributed by atoms with E-state index in [1.54, 1.807) is 12.4 Å². The molecule has 1 amide bonds. The average molecular weight is 207 g/mol. The van der Waals surface area contributed by atoms with Crippen molar-refractivity contribution in [2.75, 3.05) is 25.1 Å². The maximum Gasteiger partial charge on any atom is 0.247 e. The molecule has 6 nitrogen and oxygen atoms in total. The van der Waals surface area contributed by atoms with Crippen LogP contribution in [0.25, 0.3) is 0 Å². The molecule has 1 aromatic heterocycles. The molecule has 80 valence electrons. The van der Waals surface area contributed by atoms with E-state index in [4.69, 9.17) is 0 Å². The molecule has 3 heterocycles. The molecule has 0 atom stereocenters. The van der Waals surface area contributed by atoms with Crippen molar-refractivity contribution >= 4 is 5.91 Å². The van der Waals surface area contributed by atoms with E-state index in [0.717, 1.165) is 32.5 Å². The topological polar surface area (TPSA) is 63.1 Å². The van der Waals surface area contributed by atoms with Gasteiger partial charge in [-0.05, 0) is 31.1 Å². The molecule has 3 rings (SSSR count). The molecule has 2 saturated heterocycles. The van der Waals surface area contributed by atoms with Gasteiger partial charge in [0.25, 0.3) is 0 Å². The van der Waals surface area contributed by atoms with Crippen LogP contribution in [0.3, 0.4) is 0 Å². The molecular weight excluding hydrogens is 194 g/mol. The zero-order chi connectivity index (χ0) is 10.3. The van der Waals surface area contributed by atoms with E-state index >= 15 is 0 Å². The number of hydrogen-bond acceptors (Lipinski definition) is 4. The minimum atomic E-state index is -0.175. The first-order chi connectivity index (χ1) is 7.28. The molecule has 6 heteroatoms. The van der Waals surface area contributed by atoms with Gasteiger partial charge in [0.1, 0.15) is 0 Å². The van der Waals surface area contributed by atoms with E-state index in [9.17, 15) is 4.79 Å². The van der Waals surface area contributed by atoms with Gasteiger partial charge >= 0.3 is 0 Å². The molecule has 0 aliphatic carbocycles. The van der Waals surface area contributed by atoms with Gasteiger partial charge in [0, 0.05) is 6.54 Å². The van der Waals surface area contributed by atoms with Crippen LogP contribution in [0.1, 0.15) is 12.8 Å². The van der Waals surface area contributed by atoms with Gasteiger partial charge in [-0.3, -0.25) is 4.79 Å². The summed E-state index contributed by atoms with van der Waals surface area (Å²) in [5.74, 6) is 0.0769. The van der Waals surface area contributed by atoms with Gasteiger partial charge in [0.05, 0.1) is 17.8 Å². The Bertz CT molecular complexity index is 366. The zero-order valence-electron chi connectivity index (χ0n) is 8.39. The lowest BCUT2D eigenvalue weighted by Crippen LogP contribution is -2.39. The summed E-state index contributed by atoms with van der Waals surface area (Å²) in [6.45, 7) is 2.99. The summed E-state index contributed by atoms with van der Waals surface area (Å²) in [6, 6.07) is 0. The standard InChI is InChI=1S/C9H13N5O/c15-8(11-14-6-3-10-12-14)9-1-4-13(7-9)5-2-9/h3,6H,1-2,4-5,7H2,(H,11,15). The van der Waals surface area contributed by atoms with Crippen LogP contribution < -0.4 is 5.43 Å². The fraction of sp³-hybridized carbons (Fsp3) is 0.667. The highest BCUT2D eigenvalue weighted by Gasteiger charge is 2.49. The van der Waals surface area contributed by atoms with Crippen molar-refractivity contribution in [1.29, 1.82) is 0 Å². The highest BCUT2D eigenvalue weighted by molar-refractivity contribution is 5.90. The molecule has 2 fully saturated rings. The molecule has 2 aliphatic heterocycles. The van der Waals surface area contributed by atoms with Gasteiger partial charge < -0.3 is 4.90 Å². The lowest BCUT2D eigenvalue weighted by Gasteiger charge is -2.23. The number of nitrogens with zero attached hydrogens (tertiary/aromatic N) is 4. The number of amides is 1. The smallest absolute Gasteiger partial charge is 0.247 e. The molecule has 1 aromatic rings. The Morgan fingerprint density at radius 2 is 2.20 bits per heavy atom. The SMILES string of the molecule is O=C(Nn1ccnn1)C12CCN(CC1)C2. The largest absolute Gasteiger partial charge is 0.302 e. The third-order valence-electron chi connectivity index (χ3n) is 3.46. The predicted octanol–water partition coefficient (Wildman–Crippen LogP) is -0.556. The van der Waals surface area contributed by atoms with E-state index in [2.05, 4.69) is 20.6 Å². The van der Waals surface area contributed by atoms with Crippen LogP contribution in [0.5, 0.6) is 0 Å². The maximum atomic E-state index is 12.1. The number of hydrogen-bond donors (Lipinski definition) is 1. The van der Waals surface area contributed by atoms with E-state index in [1.807, 2.05) is 0 Å². The number of aromatic nitrogens is 3. The average Bonchev–Trinajstić information content (AvgIpc) is 2.93. The minimum Gasteiger partial charge on any atom is -0.302 e. The fourth-order valence-corrected chi connectivity index (χ4v) is 2.51. The molecule has 2 bridgehead atoms. The summed E-state index contributed by atoms with van der Waals surface area (Å²) in [5.41, 5.74) is 2.59. The van der Waals surface area contributed by atoms with Crippen molar-refractivity contribution < 1.29 is 4.79 Å². The summed E-state index contributed by atoms with van der Waals surface area (Å²) >= 11 is 0. The third kappa shape index (κ3) is 1.32. The molecule has 1 N–H and O–H groups in total. The highest BCUT2D eigenvalue weighted by atomic mass is 16.2. The summed E-state index contributed by atoms with van der Waals surface area (Å²) < 4.78 is 0. The highest BCUT2D eigenvalue weighted by Crippen LogP contribution is 2.40. The number of fused-ring (bicyclic) bond motifs is 2. The first kappa shape index (κ1) is 8.84. The Hall–Kier alpha value is -1.43. The minimum absolute atomic E-state index is 0.0769. The number of rotatable bonds is 2. The zero-order valence-corrected chi connectivity index (χ0v) is 8.39. The van der Waals surface area contributed by atoms with Crippen LogP contribution >= 0.6 is 0 Å². The van der Waals surface area contributed by atoms with Crippen LogP contribution in [0.15, 0.2) is 12.4 Å². The molecule has 15 heavy (non-hydrogen) atoms. The van der Waals surface area contributed by atoms with Gasteiger partial charge in [-0.15, -0.1) is 5.10 Å². The first-order valence-corrected chi connectivity index (χ1v) is 5.19. The summed E-state index contributed by atoms with van der Waals surface area (Å²) in [5, 5.41) is 7.38. The van der Waals surface area contributed by atoms with Crippen molar-refractivity contribution in [1.82, 2.24) is 20.0 Å². The molecule has 2 aliphatic rings. The number of carbonyl (C=O) groups excluding carboxylic acids is 1. The van der Waals surface area contributed by atoms with Gasteiger partial charge in [0.15, 0.2) is 0 Å². The normalized spacial score (nSPS) is 33.2. The van der Waals surface area contributed by atoms with Crippen LogP contribution in [0.2, 0.25) is 0 Å².